The summed E-state index contributed by atoms with van der Waals surface area (Å²) in [5.41, 5.74) is 0.392. The Hall–Kier alpha value is -2.41. The van der Waals surface area contributed by atoms with Crippen LogP contribution in [-0.2, 0) is 9.53 Å². The van der Waals surface area contributed by atoms with Gasteiger partial charge in [-0.25, -0.2) is 0 Å². The lowest BCUT2D eigenvalue weighted by molar-refractivity contribution is -0.125. The maximum absolute atomic E-state index is 12.7. The molecule has 0 atom stereocenters. The maximum atomic E-state index is 12.7. The molecule has 2 aromatic rings. The summed E-state index contributed by atoms with van der Waals surface area (Å²) in [7, 11) is 1.62. The van der Waals surface area contributed by atoms with Crippen molar-refractivity contribution >= 4 is 11.9 Å². The number of H-pyrrole nitrogens is 1. The standard InChI is InChI=1S/C19H26N4O3/c1-19(2,12-13-8-10-26-11-9-13)17(24)21-18-20-16(22-23-18)14-4-6-15(25-3)7-5-14/h4-7,13H,8-12H2,1-3H3,(H2,20,21,22,23,24). The number of aromatic amines is 1. The van der Waals surface area contributed by atoms with Crippen LogP contribution in [0.3, 0.4) is 0 Å². The van der Waals surface area contributed by atoms with Crippen LogP contribution in [0.15, 0.2) is 24.3 Å². The molecule has 7 nitrogen and oxygen atoms in total. The molecular weight excluding hydrogens is 332 g/mol. The lowest BCUT2D eigenvalue weighted by Crippen LogP contribution is -2.34. The van der Waals surface area contributed by atoms with Crippen molar-refractivity contribution in [2.24, 2.45) is 11.3 Å². The molecule has 1 aromatic heterocycles. The number of nitrogens with zero attached hydrogens (tertiary/aromatic N) is 2. The summed E-state index contributed by atoms with van der Waals surface area (Å²) < 4.78 is 10.5. The Bertz CT molecular complexity index is 733. The predicted octanol–water partition coefficient (Wildman–Crippen LogP) is 3.26. The fourth-order valence-corrected chi connectivity index (χ4v) is 3.23. The van der Waals surface area contributed by atoms with Gasteiger partial charge in [-0.1, -0.05) is 13.8 Å². The van der Waals surface area contributed by atoms with Crippen LogP contribution in [0, 0.1) is 11.3 Å². The van der Waals surface area contributed by atoms with Gasteiger partial charge in [-0.15, -0.1) is 5.10 Å². The molecule has 0 unspecified atom stereocenters. The number of carbonyl (C=O) groups is 1. The third-order valence-corrected chi connectivity index (χ3v) is 4.83. The van der Waals surface area contributed by atoms with Crippen molar-refractivity contribution < 1.29 is 14.3 Å². The van der Waals surface area contributed by atoms with Gasteiger partial charge in [-0.2, -0.15) is 4.98 Å². The number of aromatic nitrogens is 3. The van der Waals surface area contributed by atoms with Gasteiger partial charge in [0.05, 0.1) is 7.11 Å². The van der Waals surface area contributed by atoms with E-state index in [2.05, 4.69) is 20.5 Å². The van der Waals surface area contributed by atoms with Crippen LogP contribution in [0.1, 0.15) is 33.1 Å². The minimum absolute atomic E-state index is 0.0655. The van der Waals surface area contributed by atoms with E-state index in [1.807, 2.05) is 38.1 Å². The van der Waals surface area contributed by atoms with Crippen molar-refractivity contribution in [3.05, 3.63) is 24.3 Å². The highest BCUT2D eigenvalue weighted by Crippen LogP contribution is 2.32. The average molecular weight is 358 g/mol. The van der Waals surface area contributed by atoms with Crippen molar-refractivity contribution in [1.82, 2.24) is 15.2 Å². The molecule has 140 valence electrons. The van der Waals surface area contributed by atoms with Crippen molar-refractivity contribution in [3.63, 3.8) is 0 Å². The number of hydrogen-bond donors (Lipinski definition) is 2. The summed E-state index contributed by atoms with van der Waals surface area (Å²) in [4.78, 5) is 17.1. The molecule has 0 radical (unpaired) electrons. The van der Waals surface area contributed by atoms with Gasteiger partial charge in [0.2, 0.25) is 11.9 Å². The molecule has 7 heteroatoms. The van der Waals surface area contributed by atoms with Crippen molar-refractivity contribution in [1.29, 1.82) is 0 Å². The minimum atomic E-state index is -0.483. The summed E-state index contributed by atoms with van der Waals surface area (Å²) in [6.45, 7) is 5.51. The van der Waals surface area contributed by atoms with Crippen LogP contribution in [-0.4, -0.2) is 41.4 Å². The fraction of sp³-hybridized carbons (Fsp3) is 0.526. The van der Waals surface area contributed by atoms with Gasteiger partial charge in [0.15, 0.2) is 5.82 Å². The highest BCUT2D eigenvalue weighted by molar-refractivity contribution is 5.93. The molecule has 2 heterocycles. The van der Waals surface area contributed by atoms with Gasteiger partial charge >= 0.3 is 0 Å². The number of anilines is 1. The number of hydrogen-bond acceptors (Lipinski definition) is 5. The van der Waals surface area contributed by atoms with Gasteiger partial charge in [0.1, 0.15) is 5.75 Å². The molecule has 26 heavy (non-hydrogen) atoms. The second-order valence-corrected chi connectivity index (χ2v) is 7.33. The summed E-state index contributed by atoms with van der Waals surface area (Å²) in [5, 5.41) is 9.82. The van der Waals surface area contributed by atoms with E-state index in [0.29, 0.717) is 17.7 Å². The molecule has 0 bridgehead atoms. The Balaban J connectivity index is 1.62. The van der Waals surface area contributed by atoms with Gasteiger partial charge < -0.3 is 9.47 Å². The molecule has 3 rings (SSSR count). The zero-order valence-corrected chi connectivity index (χ0v) is 15.5. The third kappa shape index (κ3) is 4.40. The maximum Gasteiger partial charge on any atom is 0.249 e. The first kappa shape index (κ1) is 18.4. The summed E-state index contributed by atoms with van der Waals surface area (Å²) in [6.07, 6.45) is 2.86. The van der Waals surface area contributed by atoms with Crippen molar-refractivity contribution in [2.75, 3.05) is 25.6 Å². The predicted molar refractivity (Wildman–Crippen MR) is 98.9 cm³/mol. The Morgan fingerprint density at radius 3 is 2.65 bits per heavy atom. The normalized spacial score (nSPS) is 15.7. The Morgan fingerprint density at radius 1 is 1.31 bits per heavy atom. The molecule has 1 aliphatic rings. The molecule has 1 aliphatic heterocycles. The third-order valence-electron chi connectivity index (χ3n) is 4.83. The molecule has 0 saturated carbocycles. The van der Waals surface area contributed by atoms with Crippen LogP contribution in [0.5, 0.6) is 5.75 Å². The lowest BCUT2D eigenvalue weighted by Gasteiger charge is -2.30. The van der Waals surface area contributed by atoms with Crippen LogP contribution in [0.2, 0.25) is 0 Å². The average Bonchev–Trinajstić information content (AvgIpc) is 3.11. The summed E-state index contributed by atoms with van der Waals surface area (Å²) >= 11 is 0. The molecule has 1 amide bonds. The van der Waals surface area contributed by atoms with Gasteiger partial charge in [0.25, 0.3) is 0 Å². The highest BCUT2D eigenvalue weighted by atomic mass is 16.5. The van der Waals surface area contributed by atoms with E-state index >= 15 is 0 Å². The van der Waals surface area contributed by atoms with Crippen molar-refractivity contribution in [3.8, 4) is 17.1 Å². The topological polar surface area (TPSA) is 89.1 Å². The van der Waals surface area contributed by atoms with Gasteiger partial charge in [0, 0.05) is 24.2 Å². The zero-order chi connectivity index (χ0) is 18.6. The quantitative estimate of drug-likeness (QED) is 0.827. The molecular formula is C19H26N4O3. The Morgan fingerprint density at radius 2 is 2.00 bits per heavy atom. The number of ether oxygens (including phenoxy) is 2. The van der Waals surface area contributed by atoms with E-state index in [1.165, 1.54) is 0 Å². The largest absolute Gasteiger partial charge is 0.497 e. The number of carbonyl (C=O) groups excluding carboxylic acids is 1. The molecule has 1 saturated heterocycles. The number of nitrogens with one attached hydrogen (secondary N) is 2. The molecule has 1 fully saturated rings. The van der Waals surface area contributed by atoms with E-state index < -0.39 is 5.41 Å². The second-order valence-electron chi connectivity index (χ2n) is 7.33. The van der Waals surface area contributed by atoms with Crippen LogP contribution >= 0.6 is 0 Å². The van der Waals surface area contributed by atoms with Crippen LogP contribution in [0.4, 0.5) is 5.95 Å². The molecule has 2 N–H and O–H groups in total. The minimum Gasteiger partial charge on any atom is -0.497 e. The molecule has 0 spiro atoms. The fourth-order valence-electron chi connectivity index (χ4n) is 3.23. The Labute approximate surface area is 153 Å². The van der Waals surface area contributed by atoms with Crippen molar-refractivity contribution in [2.45, 2.75) is 33.1 Å². The van der Waals surface area contributed by atoms with Crippen LogP contribution in [0.25, 0.3) is 11.4 Å². The van der Waals surface area contributed by atoms with E-state index in [0.717, 1.165) is 43.8 Å². The van der Waals surface area contributed by atoms with E-state index in [4.69, 9.17) is 9.47 Å². The highest BCUT2D eigenvalue weighted by Gasteiger charge is 2.32. The first-order valence-corrected chi connectivity index (χ1v) is 8.94. The molecule has 1 aromatic carbocycles. The molecule has 0 aliphatic carbocycles. The van der Waals surface area contributed by atoms with E-state index in [-0.39, 0.29) is 5.91 Å². The zero-order valence-electron chi connectivity index (χ0n) is 15.5. The Kier molecular flexibility index (Phi) is 5.56. The van der Waals surface area contributed by atoms with Gasteiger partial charge in [-0.3, -0.25) is 15.2 Å². The second kappa shape index (κ2) is 7.86. The number of methoxy groups -OCH3 is 1. The monoisotopic (exact) mass is 358 g/mol. The summed E-state index contributed by atoms with van der Waals surface area (Å²) in [6, 6.07) is 7.49. The first-order chi connectivity index (χ1) is 12.5. The SMILES string of the molecule is COc1ccc(-c2nc(NC(=O)C(C)(C)CC3CCOCC3)n[nH]2)cc1. The lowest BCUT2D eigenvalue weighted by atomic mass is 9.79. The first-order valence-electron chi connectivity index (χ1n) is 8.94. The number of benzene rings is 1. The number of rotatable bonds is 6. The van der Waals surface area contributed by atoms with E-state index in [9.17, 15) is 4.79 Å². The van der Waals surface area contributed by atoms with Crippen LogP contribution < -0.4 is 10.1 Å². The summed E-state index contributed by atoms with van der Waals surface area (Å²) in [5.74, 6) is 2.12. The smallest absolute Gasteiger partial charge is 0.249 e. The van der Waals surface area contributed by atoms with E-state index in [1.54, 1.807) is 7.11 Å². The van der Waals surface area contributed by atoms with Gasteiger partial charge in [-0.05, 0) is 49.4 Å². The number of amides is 1.